The van der Waals surface area contributed by atoms with Gasteiger partial charge >= 0.3 is 0 Å². The average Bonchev–Trinajstić information content (AvgIpc) is 2.92. The number of fused-ring (bicyclic) bond motifs is 3. The van der Waals surface area contributed by atoms with Crippen LogP contribution < -0.4 is 10.0 Å². The largest absolute Gasteiger partial charge is 0.350 e. The molecule has 0 radical (unpaired) electrons. The molecule has 0 spiro atoms. The normalized spacial score (nSPS) is 22.4. The van der Waals surface area contributed by atoms with Crippen molar-refractivity contribution in [2.45, 2.75) is 49.6 Å². The highest BCUT2D eigenvalue weighted by atomic mass is 32.2. The van der Waals surface area contributed by atoms with E-state index in [0.717, 1.165) is 48.0 Å². The Morgan fingerprint density at radius 3 is 2.39 bits per heavy atom. The number of benzene rings is 2. The van der Waals surface area contributed by atoms with Crippen molar-refractivity contribution < 1.29 is 13.2 Å². The van der Waals surface area contributed by atoms with Crippen molar-refractivity contribution in [2.24, 2.45) is 0 Å². The maximum Gasteiger partial charge on any atom is 0.268 e. The van der Waals surface area contributed by atoms with Crippen LogP contribution in [0, 0.1) is 6.92 Å². The van der Waals surface area contributed by atoms with Crippen molar-refractivity contribution in [3.63, 3.8) is 0 Å². The van der Waals surface area contributed by atoms with Gasteiger partial charge in [0.15, 0.2) is 0 Å². The van der Waals surface area contributed by atoms with Crippen molar-refractivity contribution in [1.29, 1.82) is 0 Å². The topological polar surface area (TPSA) is 94.3 Å². The average molecular weight is 467 g/mol. The molecule has 1 amide bonds. The standard InChI is InChI=1S/C25H30N4O3S/c1-17-10-12-18(13-11-17)33(31,32)28-21-16-26-25(30)23-22(19-8-4-5-9-20(19)27-23)24(21)29-14-6-2-3-7-15-29/h4-5,8-13,21,24,27-28H,2-3,6-7,14-16H2,1H3,(H,26,30)/t21-,24+/m1/s1. The minimum absolute atomic E-state index is 0.196. The Hall–Kier alpha value is -2.68. The number of aromatic nitrogens is 1. The summed E-state index contributed by atoms with van der Waals surface area (Å²) in [5.74, 6) is -0.196. The minimum Gasteiger partial charge on any atom is -0.350 e. The lowest BCUT2D eigenvalue weighted by Gasteiger charge is -2.36. The van der Waals surface area contributed by atoms with E-state index in [0.29, 0.717) is 5.69 Å². The van der Waals surface area contributed by atoms with Gasteiger partial charge in [-0.3, -0.25) is 9.69 Å². The van der Waals surface area contributed by atoms with Crippen LogP contribution in [0.4, 0.5) is 0 Å². The number of carbonyl (C=O) groups is 1. The fraction of sp³-hybridized carbons (Fsp3) is 0.400. The molecule has 3 heterocycles. The fourth-order valence-electron chi connectivity index (χ4n) is 5.16. The predicted molar refractivity (Wildman–Crippen MR) is 129 cm³/mol. The quantitative estimate of drug-likeness (QED) is 0.549. The Bertz CT molecular complexity index is 1260. The van der Waals surface area contributed by atoms with Gasteiger partial charge in [-0.25, -0.2) is 13.1 Å². The molecule has 3 N–H and O–H groups in total. The third kappa shape index (κ3) is 4.30. The van der Waals surface area contributed by atoms with E-state index in [1.807, 2.05) is 31.2 Å². The Balaban J connectivity index is 1.61. The number of carbonyl (C=O) groups excluding carboxylic acids is 1. The summed E-state index contributed by atoms with van der Waals surface area (Å²) in [5.41, 5.74) is 3.31. The monoisotopic (exact) mass is 466 g/mol. The first-order chi connectivity index (χ1) is 15.9. The van der Waals surface area contributed by atoms with Crippen LogP contribution in [0.2, 0.25) is 0 Å². The second-order valence-corrected chi connectivity index (χ2v) is 10.8. The van der Waals surface area contributed by atoms with Crippen LogP contribution in [-0.2, 0) is 10.0 Å². The number of likely N-dealkylation sites (tertiary alicyclic amines) is 1. The molecule has 1 saturated heterocycles. The molecule has 2 aliphatic heterocycles. The number of H-pyrrole nitrogens is 1. The van der Waals surface area contributed by atoms with E-state index in [4.69, 9.17) is 0 Å². The second-order valence-electron chi connectivity index (χ2n) is 9.11. The number of hydrogen-bond acceptors (Lipinski definition) is 4. The first-order valence-corrected chi connectivity index (χ1v) is 13.1. The van der Waals surface area contributed by atoms with Gasteiger partial charge in [0, 0.05) is 23.0 Å². The summed E-state index contributed by atoms with van der Waals surface area (Å²) in [4.78, 5) is 19.0. The second kappa shape index (κ2) is 8.93. The summed E-state index contributed by atoms with van der Waals surface area (Å²) in [5, 5.41) is 3.93. The molecular weight excluding hydrogens is 436 g/mol. The van der Waals surface area contributed by atoms with Crippen molar-refractivity contribution in [3.8, 4) is 0 Å². The van der Waals surface area contributed by atoms with Crippen LogP contribution in [0.15, 0.2) is 53.4 Å². The number of rotatable bonds is 4. The van der Waals surface area contributed by atoms with E-state index in [9.17, 15) is 13.2 Å². The summed E-state index contributed by atoms with van der Waals surface area (Å²) in [7, 11) is -3.77. The molecule has 8 heteroatoms. The minimum atomic E-state index is -3.77. The number of nitrogens with one attached hydrogen (secondary N) is 3. The smallest absolute Gasteiger partial charge is 0.268 e. The van der Waals surface area contributed by atoms with Gasteiger partial charge in [-0.1, -0.05) is 48.7 Å². The van der Waals surface area contributed by atoms with Crippen LogP contribution in [0.5, 0.6) is 0 Å². The lowest BCUT2D eigenvalue weighted by atomic mass is 9.95. The number of sulfonamides is 1. The maximum atomic E-state index is 13.4. The molecule has 2 aliphatic rings. The van der Waals surface area contributed by atoms with Gasteiger partial charge in [0.2, 0.25) is 10.0 Å². The van der Waals surface area contributed by atoms with Crippen LogP contribution >= 0.6 is 0 Å². The van der Waals surface area contributed by atoms with Gasteiger partial charge < -0.3 is 10.3 Å². The molecule has 2 aromatic carbocycles. The number of aromatic amines is 1. The third-order valence-electron chi connectivity index (χ3n) is 6.80. The number of para-hydroxylation sites is 1. The first kappa shape index (κ1) is 22.1. The van der Waals surface area contributed by atoms with Crippen LogP contribution in [-0.4, -0.2) is 49.9 Å². The van der Waals surface area contributed by atoms with Gasteiger partial charge in [0.1, 0.15) is 5.69 Å². The molecule has 1 fully saturated rings. The van der Waals surface area contributed by atoms with E-state index < -0.39 is 16.1 Å². The third-order valence-corrected chi connectivity index (χ3v) is 8.31. The zero-order valence-corrected chi connectivity index (χ0v) is 19.6. The summed E-state index contributed by atoms with van der Waals surface area (Å²) < 4.78 is 29.7. The van der Waals surface area contributed by atoms with Gasteiger partial charge in [0.05, 0.1) is 17.0 Å². The van der Waals surface area contributed by atoms with Crippen LogP contribution in [0.1, 0.15) is 53.3 Å². The summed E-state index contributed by atoms with van der Waals surface area (Å²) in [6, 6.07) is 14.0. The van der Waals surface area contributed by atoms with Gasteiger partial charge in [0.25, 0.3) is 5.91 Å². The van der Waals surface area contributed by atoms with Crippen molar-refractivity contribution >= 4 is 26.8 Å². The van der Waals surface area contributed by atoms with Crippen LogP contribution in [0.3, 0.4) is 0 Å². The lowest BCUT2D eigenvalue weighted by molar-refractivity contribution is 0.0948. The Kier molecular flexibility index (Phi) is 5.99. The summed E-state index contributed by atoms with van der Waals surface area (Å²) >= 11 is 0. The molecule has 1 aromatic heterocycles. The molecule has 5 rings (SSSR count). The molecule has 0 aliphatic carbocycles. The predicted octanol–water partition coefficient (Wildman–Crippen LogP) is 3.48. The lowest BCUT2D eigenvalue weighted by Crippen LogP contribution is -2.50. The molecule has 0 unspecified atom stereocenters. The van der Waals surface area contributed by atoms with Crippen molar-refractivity contribution in [1.82, 2.24) is 19.9 Å². The molecule has 0 bridgehead atoms. The zero-order valence-electron chi connectivity index (χ0n) is 18.8. The molecule has 0 saturated carbocycles. The van der Waals surface area contributed by atoms with Crippen molar-refractivity contribution in [2.75, 3.05) is 19.6 Å². The van der Waals surface area contributed by atoms with E-state index >= 15 is 0 Å². The van der Waals surface area contributed by atoms with E-state index in [1.54, 1.807) is 24.3 Å². The highest BCUT2D eigenvalue weighted by molar-refractivity contribution is 7.89. The maximum absolute atomic E-state index is 13.4. The van der Waals surface area contributed by atoms with E-state index in [2.05, 4.69) is 19.9 Å². The molecule has 174 valence electrons. The van der Waals surface area contributed by atoms with E-state index in [-0.39, 0.29) is 23.4 Å². The molecule has 3 aromatic rings. The molecule has 2 atom stereocenters. The Morgan fingerprint density at radius 2 is 1.67 bits per heavy atom. The first-order valence-electron chi connectivity index (χ1n) is 11.7. The summed E-state index contributed by atoms with van der Waals surface area (Å²) in [6.07, 6.45) is 4.46. The fourth-order valence-corrected chi connectivity index (χ4v) is 6.40. The zero-order chi connectivity index (χ0) is 23.0. The van der Waals surface area contributed by atoms with E-state index in [1.165, 1.54) is 12.8 Å². The van der Waals surface area contributed by atoms with Crippen molar-refractivity contribution in [3.05, 3.63) is 65.4 Å². The molecule has 33 heavy (non-hydrogen) atoms. The summed E-state index contributed by atoms with van der Waals surface area (Å²) in [6.45, 7) is 3.90. The SMILES string of the molecule is Cc1ccc(S(=O)(=O)N[C@@H]2CNC(=O)c3[nH]c4ccccc4c3[C@H]2N2CCCCCC2)cc1. The number of nitrogens with zero attached hydrogens (tertiary/aromatic N) is 1. The number of amides is 1. The number of aryl methyl sites for hydroxylation is 1. The number of hydrogen-bond donors (Lipinski definition) is 3. The molecular formula is C25H30N4O3S. The van der Waals surface area contributed by atoms with Gasteiger partial charge in [-0.15, -0.1) is 0 Å². The Morgan fingerprint density at radius 1 is 0.970 bits per heavy atom. The van der Waals surface area contributed by atoms with Gasteiger partial charge in [-0.05, 0) is 51.1 Å². The van der Waals surface area contributed by atoms with Crippen LogP contribution in [0.25, 0.3) is 10.9 Å². The Labute approximate surface area is 194 Å². The highest BCUT2D eigenvalue weighted by Gasteiger charge is 2.39. The molecule has 7 nitrogen and oxygen atoms in total. The van der Waals surface area contributed by atoms with Gasteiger partial charge in [-0.2, -0.15) is 0 Å². The highest BCUT2D eigenvalue weighted by Crippen LogP contribution is 2.37.